The third-order valence-electron chi connectivity index (χ3n) is 5.62. The number of benzene rings is 4. The summed E-state index contributed by atoms with van der Waals surface area (Å²) in [6, 6.07) is 33.8. The van der Waals surface area contributed by atoms with Crippen LogP contribution in [0.15, 0.2) is 109 Å². The maximum atomic E-state index is 13.0. The van der Waals surface area contributed by atoms with Crippen LogP contribution in [-0.4, -0.2) is 25.0 Å². The highest BCUT2D eigenvalue weighted by Crippen LogP contribution is 2.19. The average molecular weight is 465 g/mol. The summed E-state index contributed by atoms with van der Waals surface area (Å²) >= 11 is 0. The van der Waals surface area contributed by atoms with Crippen molar-refractivity contribution in [1.82, 2.24) is 0 Å². The second kappa shape index (κ2) is 11.7. The highest BCUT2D eigenvalue weighted by Gasteiger charge is 2.16. The fourth-order valence-electron chi connectivity index (χ4n) is 3.77. The Morgan fingerprint density at radius 1 is 0.771 bits per heavy atom. The minimum absolute atomic E-state index is 0.0862. The van der Waals surface area contributed by atoms with Crippen LogP contribution in [0.3, 0.4) is 0 Å². The number of nitrogens with zero attached hydrogens (tertiary/aromatic N) is 1. The van der Waals surface area contributed by atoms with Gasteiger partial charge in [-0.15, -0.1) is 0 Å². The molecule has 0 atom stereocenters. The molecule has 2 amide bonds. The van der Waals surface area contributed by atoms with Crippen molar-refractivity contribution in [3.05, 3.63) is 126 Å². The summed E-state index contributed by atoms with van der Waals surface area (Å²) in [4.78, 5) is 27.5. The molecule has 4 rings (SSSR count). The van der Waals surface area contributed by atoms with Gasteiger partial charge in [-0.25, -0.2) is 0 Å². The van der Waals surface area contributed by atoms with Gasteiger partial charge in [0.25, 0.3) is 11.8 Å². The van der Waals surface area contributed by atoms with Crippen molar-refractivity contribution < 1.29 is 14.3 Å². The lowest BCUT2D eigenvalue weighted by Crippen LogP contribution is -2.30. The average Bonchev–Trinajstić information content (AvgIpc) is 2.91. The van der Waals surface area contributed by atoms with Crippen molar-refractivity contribution in [2.24, 2.45) is 0 Å². The Hall–Kier alpha value is -4.38. The molecule has 0 unspecified atom stereocenters. The zero-order valence-electron chi connectivity index (χ0n) is 19.7. The van der Waals surface area contributed by atoms with Crippen LogP contribution in [0.1, 0.15) is 33.2 Å². The molecular formula is C30H28N2O3. The number of carbonyl (C=O) groups excluding carboxylic acids is 2. The van der Waals surface area contributed by atoms with Crippen molar-refractivity contribution in [2.75, 3.05) is 23.4 Å². The normalized spacial score (nSPS) is 10.4. The Bertz CT molecular complexity index is 1260. The molecule has 0 saturated heterocycles. The van der Waals surface area contributed by atoms with Crippen molar-refractivity contribution >= 4 is 23.2 Å². The maximum absolute atomic E-state index is 13.0. The fourth-order valence-corrected chi connectivity index (χ4v) is 3.77. The molecule has 1 N–H and O–H groups in total. The molecule has 0 radical (unpaired) electrons. The van der Waals surface area contributed by atoms with Crippen LogP contribution in [0.2, 0.25) is 0 Å². The number of nitrogens with one attached hydrogen (secondary N) is 1. The molecular weight excluding hydrogens is 436 g/mol. The molecule has 4 aromatic carbocycles. The van der Waals surface area contributed by atoms with Crippen molar-refractivity contribution in [2.45, 2.75) is 13.3 Å². The van der Waals surface area contributed by atoms with Gasteiger partial charge in [-0.1, -0.05) is 54.6 Å². The summed E-state index contributed by atoms with van der Waals surface area (Å²) in [7, 11) is 0. The van der Waals surface area contributed by atoms with Crippen LogP contribution in [0.25, 0.3) is 0 Å². The summed E-state index contributed by atoms with van der Waals surface area (Å²) in [5.74, 6) is 0.323. The highest BCUT2D eigenvalue weighted by molar-refractivity contribution is 6.07. The number of carbonyl (C=O) groups is 2. The Morgan fingerprint density at radius 3 is 2.14 bits per heavy atom. The molecule has 0 aliphatic heterocycles. The first-order valence-corrected chi connectivity index (χ1v) is 11.7. The van der Waals surface area contributed by atoms with E-state index in [0.717, 1.165) is 12.1 Å². The zero-order valence-corrected chi connectivity index (χ0v) is 19.7. The second-order valence-electron chi connectivity index (χ2n) is 8.03. The number of para-hydroxylation sites is 1. The standard InChI is InChI=1S/C30H28N2O3/c1-2-32(27-13-7-4-8-14-27)30(34)24-16-18-26(19-17-24)31-29(33)25-12-9-15-28(22-25)35-21-20-23-10-5-3-6-11-23/h3-19,22H,2,20-21H2,1H3,(H,31,33). The number of anilines is 2. The highest BCUT2D eigenvalue weighted by atomic mass is 16.5. The molecule has 0 aliphatic rings. The lowest BCUT2D eigenvalue weighted by molar-refractivity contribution is 0.0987. The fraction of sp³-hybridized carbons (Fsp3) is 0.133. The molecule has 35 heavy (non-hydrogen) atoms. The smallest absolute Gasteiger partial charge is 0.258 e. The Labute approximate surface area is 206 Å². The molecule has 4 aromatic rings. The first-order valence-electron chi connectivity index (χ1n) is 11.7. The number of rotatable bonds is 9. The van der Waals surface area contributed by atoms with E-state index in [1.807, 2.05) is 61.5 Å². The first-order chi connectivity index (χ1) is 17.1. The third kappa shape index (κ3) is 6.36. The lowest BCUT2D eigenvalue weighted by atomic mass is 10.1. The van der Waals surface area contributed by atoms with Crippen LogP contribution >= 0.6 is 0 Å². The van der Waals surface area contributed by atoms with E-state index in [1.54, 1.807) is 47.4 Å². The van der Waals surface area contributed by atoms with Crippen LogP contribution in [-0.2, 0) is 6.42 Å². The minimum atomic E-state index is -0.239. The number of hydrogen-bond donors (Lipinski definition) is 1. The Balaban J connectivity index is 1.36. The van der Waals surface area contributed by atoms with E-state index in [2.05, 4.69) is 17.4 Å². The zero-order chi connectivity index (χ0) is 24.5. The van der Waals surface area contributed by atoms with E-state index < -0.39 is 0 Å². The van der Waals surface area contributed by atoms with Gasteiger partial charge in [0.2, 0.25) is 0 Å². The van der Waals surface area contributed by atoms with Gasteiger partial charge < -0.3 is 15.0 Å². The predicted molar refractivity (Wildman–Crippen MR) is 140 cm³/mol. The SMILES string of the molecule is CCN(C(=O)c1ccc(NC(=O)c2cccc(OCCc3ccccc3)c2)cc1)c1ccccc1. The molecule has 0 bridgehead atoms. The van der Waals surface area contributed by atoms with E-state index in [-0.39, 0.29) is 11.8 Å². The second-order valence-corrected chi connectivity index (χ2v) is 8.03. The van der Waals surface area contributed by atoms with Crippen LogP contribution < -0.4 is 15.0 Å². The summed E-state index contributed by atoms with van der Waals surface area (Å²) < 4.78 is 5.84. The van der Waals surface area contributed by atoms with Crippen LogP contribution in [0, 0.1) is 0 Å². The number of hydrogen-bond acceptors (Lipinski definition) is 3. The largest absolute Gasteiger partial charge is 0.493 e. The molecule has 0 heterocycles. The van der Waals surface area contributed by atoms with E-state index in [9.17, 15) is 9.59 Å². The van der Waals surface area contributed by atoms with Gasteiger partial charge >= 0.3 is 0 Å². The third-order valence-corrected chi connectivity index (χ3v) is 5.62. The van der Waals surface area contributed by atoms with Gasteiger partial charge in [0.05, 0.1) is 6.61 Å². The molecule has 5 nitrogen and oxygen atoms in total. The molecule has 176 valence electrons. The predicted octanol–water partition coefficient (Wildman–Crippen LogP) is 6.23. The first kappa shape index (κ1) is 23.8. The minimum Gasteiger partial charge on any atom is -0.493 e. The van der Waals surface area contributed by atoms with E-state index >= 15 is 0 Å². The topological polar surface area (TPSA) is 58.6 Å². The van der Waals surface area contributed by atoms with Gasteiger partial charge in [-0.2, -0.15) is 0 Å². The van der Waals surface area contributed by atoms with Crippen molar-refractivity contribution in [1.29, 1.82) is 0 Å². The van der Waals surface area contributed by atoms with E-state index in [4.69, 9.17) is 4.74 Å². The van der Waals surface area contributed by atoms with E-state index in [1.165, 1.54) is 5.56 Å². The molecule has 0 spiro atoms. The van der Waals surface area contributed by atoms with E-state index in [0.29, 0.717) is 35.7 Å². The molecule has 0 aromatic heterocycles. The molecule has 0 fully saturated rings. The molecule has 5 heteroatoms. The van der Waals surface area contributed by atoms with Gasteiger partial charge in [0, 0.05) is 35.5 Å². The summed E-state index contributed by atoms with van der Waals surface area (Å²) in [5, 5.41) is 2.89. The van der Waals surface area contributed by atoms with Crippen molar-refractivity contribution in [3.63, 3.8) is 0 Å². The summed E-state index contributed by atoms with van der Waals surface area (Å²) in [6.45, 7) is 3.03. The molecule has 0 saturated carbocycles. The lowest BCUT2D eigenvalue weighted by Gasteiger charge is -2.21. The van der Waals surface area contributed by atoms with Gasteiger partial charge in [-0.05, 0) is 67.1 Å². The van der Waals surface area contributed by atoms with Crippen LogP contribution in [0.4, 0.5) is 11.4 Å². The van der Waals surface area contributed by atoms with Crippen molar-refractivity contribution in [3.8, 4) is 5.75 Å². The Kier molecular flexibility index (Phi) is 7.92. The monoisotopic (exact) mass is 464 g/mol. The quantitative estimate of drug-likeness (QED) is 0.320. The van der Waals surface area contributed by atoms with Gasteiger partial charge in [0.1, 0.15) is 5.75 Å². The number of amides is 2. The van der Waals surface area contributed by atoms with Crippen LogP contribution in [0.5, 0.6) is 5.75 Å². The molecule has 0 aliphatic carbocycles. The number of ether oxygens (including phenoxy) is 1. The summed E-state index contributed by atoms with van der Waals surface area (Å²) in [5.41, 5.74) is 3.73. The van der Waals surface area contributed by atoms with Gasteiger partial charge in [0.15, 0.2) is 0 Å². The van der Waals surface area contributed by atoms with Gasteiger partial charge in [-0.3, -0.25) is 9.59 Å². The Morgan fingerprint density at radius 2 is 1.46 bits per heavy atom. The maximum Gasteiger partial charge on any atom is 0.258 e. The summed E-state index contributed by atoms with van der Waals surface area (Å²) in [6.07, 6.45) is 0.794.